The van der Waals surface area contributed by atoms with Crippen LogP contribution in [0.15, 0.2) is 48.6 Å². The van der Waals surface area contributed by atoms with Crippen molar-refractivity contribution >= 4 is 5.97 Å². The van der Waals surface area contributed by atoms with Crippen molar-refractivity contribution in [2.24, 2.45) is 0 Å². The Bertz CT molecular complexity index is 434. The van der Waals surface area contributed by atoms with Crippen LogP contribution in [0.25, 0.3) is 0 Å². The summed E-state index contributed by atoms with van der Waals surface area (Å²) in [6, 6.07) is 0. The Labute approximate surface area is 168 Å². The number of aliphatic carboxylic acids is 1. The highest BCUT2D eigenvalue weighted by molar-refractivity contribution is 5.66. The van der Waals surface area contributed by atoms with E-state index in [2.05, 4.69) is 83.7 Å². The van der Waals surface area contributed by atoms with E-state index in [0.717, 1.165) is 36.6 Å². The fraction of sp³-hybridized carbons (Fsp3) is 0.625. The van der Waals surface area contributed by atoms with Crippen molar-refractivity contribution in [2.45, 2.75) is 71.1 Å². The first-order valence-corrected chi connectivity index (χ1v) is 10.4. The van der Waals surface area contributed by atoms with Crippen LogP contribution >= 0.6 is 0 Å². The van der Waals surface area contributed by atoms with Gasteiger partial charge in [0.1, 0.15) is 0 Å². The van der Waals surface area contributed by atoms with Crippen molar-refractivity contribution in [3.8, 4) is 0 Å². The highest BCUT2D eigenvalue weighted by Gasteiger charge is 1.92. The summed E-state index contributed by atoms with van der Waals surface area (Å²) in [5.41, 5.74) is 0. The van der Waals surface area contributed by atoms with Crippen LogP contribution in [0.3, 0.4) is 0 Å². The Balaban J connectivity index is 0. The number of unbranched alkanes of at least 4 members (excludes halogenated alkanes) is 4. The zero-order valence-corrected chi connectivity index (χ0v) is 18.5. The van der Waals surface area contributed by atoms with Gasteiger partial charge in [0.15, 0.2) is 0 Å². The SMILES string of the molecule is CCCCC/C=C\C/C=C\C/C=C\C/C=C\CCCC(=O)O.C[N+](C)(C)C. The third-order valence-corrected chi connectivity index (χ3v) is 3.22. The quantitative estimate of drug-likeness (QED) is 0.212. The average Bonchev–Trinajstić information content (AvgIpc) is 2.56. The van der Waals surface area contributed by atoms with Crippen molar-refractivity contribution in [1.29, 1.82) is 0 Å². The molecule has 0 saturated heterocycles. The summed E-state index contributed by atoms with van der Waals surface area (Å²) >= 11 is 0. The van der Waals surface area contributed by atoms with Gasteiger partial charge in [0.05, 0.1) is 28.2 Å². The molecule has 0 radical (unpaired) electrons. The molecule has 0 aromatic rings. The minimum atomic E-state index is -0.712. The summed E-state index contributed by atoms with van der Waals surface area (Å²) in [5.74, 6) is -0.712. The average molecular weight is 379 g/mol. The van der Waals surface area contributed by atoms with E-state index in [1.165, 1.54) is 25.7 Å². The zero-order valence-electron chi connectivity index (χ0n) is 18.5. The lowest BCUT2D eigenvalue weighted by Gasteiger charge is -2.14. The van der Waals surface area contributed by atoms with Crippen molar-refractivity contribution in [3.63, 3.8) is 0 Å². The summed E-state index contributed by atoms with van der Waals surface area (Å²) in [7, 11) is 8.50. The van der Waals surface area contributed by atoms with Crippen LogP contribution < -0.4 is 0 Å². The van der Waals surface area contributed by atoms with Crippen molar-refractivity contribution in [3.05, 3.63) is 48.6 Å². The van der Waals surface area contributed by atoms with Crippen LogP contribution in [0, 0.1) is 0 Å². The lowest BCUT2D eigenvalue weighted by Crippen LogP contribution is -2.27. The van der Waals surface area contributed by atoms with Gasteiger partial charge in [0.25, 0.3) is 0 Å². The van der Waals surface area contributed by atoms with Crippen LogP contribution in [-0.4, -0.2) is 43.7 Å². The number of hydrogen-bond acceptors (Lipinski definition) is 1. The van der Waals surface area contributed by atoms with Gasteiger partial charge in [0.2, 0.25) is 0 Å². The molecule has 0 atom stereocenters. The zero-order chi connectivity index (χ0) is 20.8. The highest BCUT2D eigenvalue weighted by atomic mass is 16.4. The Morgan fingerprint density at radius 3 is 1.44 bits per heavy atom. The van der Waals surface area contributed by atoms with Crippen LogP contribution in [0.4, 0.5) is 0 Å². The molecule has 3 nitrogen and oxygen atoms in total. The van der Waals surface area contributed by atoms with E-state index >= 15 is 0 Å². The van der Waals surface area contributed by atoms with E-state index in [9.17, 15) is 4.79 Å². The summed E-state index contributed by atoms with van der Waals surface area (Å²) in [5, 5.41) is 8.49. The third kappa shape index (κ3) is 40.4. The molecule has 0 aliphatic heterocycles. The van der Waals surface area contributed by atoms with Gasteiger partial charge in [-0.05, 0) is 44.9 Å². The second-order valence-electron chi connectivity index (χ2n) is 8.06. The molecule has 0 unspecified atom stereocenters. The minimum Gasteiger partial charge on any atom is -0.481 e. The monoisotopic (exact) mass is 378 g/mol. The van der Waals surface area contributed by atoms with Gasteiger partial charge in [-0.1, -0.05) is 68.4 Å². The molecule has 0 saturated carbocycles. The van der Waals surface area contributed by atoms with E-state index in [1.807, 2.05) is 0 Å². The van der Waals surface area contributed by atoms with Gasteiger partial charge in [-0.15, -0.1) is 0 Å². The van der Waals surface area contributed by atoms with Crippen molar-refractivity contribution < 1.29 is 14.4 Å². The molecule has 0 rings (SSSR count). The molecule has 27 heavy (non-hydrogen) atoms. The predicted octanol–water partition coefficient (Wildman–Crippen LogP) is 6.54. The number of carbonyl (C=O) groups is 1. The first-order valence-electron chi connectivity index (χ1n) is 10.4. The van der Waals surface area contributed by atoms with Gasteiger partial charge >= 0.3 is 5.97 Å². The first kappa shape index (κ1) is 27.6. The van der Waals surface area contributed by atoms with Gasteiger partial charge < -0.3 is 9.59 Å². The molecule has 156 valence electrons. The number of quaternary nitrogens is 1. The van der Waals surface area contributed by atoms with Crippen LogP contribution in [0.1, 0.15) is 71.1 Å². The standard InChI is InChI=1S/C20H32O2.C4H12N/c1-2-3-4-5-6-7-8-9-10-11-12-13-14-15-16-17-18-19-20(21)22;1-5(2,3)4/h6-7,9-10,12-13,15-16H,2-5,8,11,14,17-19H2,1H3,(H,21,22);1-4H3/q;+1/b7-6-,10-9-,13-12-,16-15-;. The molecule has 0 spiro atoms. The summed E-state index contributed by atoms with van der Waals surface area (Å²) in [6.07, 6.45) is 27.3. The van der Waals surface area contributed by atoms with Gasteiger partial charge in [-0.3, -0.25) is 4.79 Å². The normalized spacial score (nSPS) is 12.3. The molecule has 0 heterocycles. The molecule has 0 aromatic heterocycles. The lowest BCUT2D eigenvalue weighted by atomic mass is 10.2. The van der Waals surface area contributed by atoms with E-state index in [0.29, 0.717) is 0 Å². The largest absolute Gasteiger partial charge is 0.481 e. The van der Waals surface area contributed by atoms with Gasteiger partial charge in [0, 0.05) is 6.42 Å². The summed E-state index contributed by atoms with van der Waals surface area (Å²) < 4.78 is 1.00. The Hall–Kier alpha value is -1.61. The molecule has 0 fully saturated rings. The molecule has 0 aromatic carbocycles. The molecule has 1 N–H and O–H groups in total. The number of carboxylic acids is 1. The Kier molecular flexibility index (Phi) is 21.2. The van der Waals surface area contributed by atoms with Crippen molar-refractivity contribution in [1.82, 2.24) is 0 Å². The summed E-state index contributed by atoms with van der Waals surface area (Å²) in [6.45, 7) is 2.23. The molecule has 0 bridgehead atoms. The summed E-state index contributed by atoms with van der Waals surface area (Å²) in [4.78, 5) is 10.3. The lowest BCUT2D eigenvalue weighted by molar-refractivity contribution is -0.849. The van der Waals surface area contributed by atoms with Crippen molar-refractivity contribution in [2.75, 3.05) is 28.2 Å². The van der Waals surface area contributed by atoms with E-state index < -0.39 is 5.97 Å². The second kappa shape index (κ2) is 20.7. The molecular weight excluding hydrogens is 334 g/mol. The molecule has 0 aliphatic carbocycles. The van der Waals surface area contributed by atoms with Gasteiger partial charge in [-0.25, -0.2) is 0 Å². The molecule has 0 amide bonds. The topological polar surface area (TPSA) is 37.3 Å². The van der Waals surface area contributed by atoms with Gasteiger partial charge in [-0.2, -0.15) is 0 Å². The number of rotatable bonds is 14. The number of hydrogen-bond donors (Lipinski definition) is 1. The Morgan fingerprint density at radius 1 is 0.704 bits per heavy atom. The predicted molar refractivity (Wildman–Crippen MR) is 120 cm³/mol. The minimum absolute atomic E-state index is 0.262. The van der Waals surface area contributed by atoms with Crippen LogP contribution in [0.5, 0.6) is 0 Å². The maximum absolute atomic E-state index is 10.3. The fourth-order valence-corrected chi connectivity index (χ4v) is 1.93. The second-order valence-corrected chi connectivity index (χ2v) is 8.06. The molecule has 3 heteroatoms. The number of nitrogens with zero attached hydrogens (tertiary/aromatic N) is 1. The highest BCUT2D eigenvalue weighted by Crippen LogP contribution is 2.01. The third-order valence-electron chi connectivity index (χ3n) is 3.22. The molecule has 0 aliphatic rings. The first-order chi connectivity index (χ1) is 12.8. The fourth-order valence-electron chi connectivity index (χ4n) is 1.93. The van der Waals surface area contributed by atoms with E-state index in [4.69, 9.17) is 5.11 Å². The number of carboxylic acid groups (broad SMARTS) is 1. The maximum Gasteiger partial charge on any atom is 0.303 e. The number of allylic oxidation sites excluding steroid dienone is 8. The molecular formula is C24H44NO2+. The smallest absolute Gasteiger partial charge is 0.303 e. The van der Waals surface area contributed by atoms with E-state index in [-0.39, 0.29) is 6.42 Å². The van der Waals surface area contributed by atoms with Crippen LogP contribution in [-0.2, 0) is 4.79 Å². The van der Waals surface area contributed by atoms with E-state index in [1.54, 1.807) is 0 Å². The Morgan fingerprint density at radius 2 is 1.07 bits per heavy atom. The van der Waals surface area contributed by atoms with Crippen LogP contribution in [0.2, 0.25) is 0 Å². The maximum atomic E-state index is 10.3.